The third-order valence-corrected chi connectivity index (χ3v) is 7.02. The summed E-state index contributed by atoms with van der Waals surface area (Å²) in [6.07, 6.45) is 0.283. The van der Waals surface area contributed by atoms with Gasteiger partial charge in [0.15, 0.2) is 0 Å². The quantitative estimate of drug-likeness (QED) is 0.808. The largest absolute Gasteiger partial charge is 0.549 e. The standard InChI is InChI=1S/C20H22N2O5S/c1-15(23)21-17-7-9-18(10-8-17)28(26,27)22-13-11-20(12-14-22,19(24)25)16-5-3-2-4-6-16/h2-10H,11-14H2,1H3,(H,21,23)(H,24,25)/p-1. The molecule has 0 aromatic heterocycles. The van der Waals surface area contributed by atoms with Crippen LogP contribution in [-0.4, -0.2) is 37.7 Å². The van der Waals surface area contributed by atoms with Crippen molar-refractivity contribution in [2.75, 3.05) is 18.4 Å². The molecule has 148 valence electrons. The molecule has 0 atom stereocenters. The van der Waals surface area contributed by atoms with Gasteiger partial charge in [-0.05, 0) is 42.7 Å². The Morgan fingerprint density at radius 1 is 1.00 bits per heavy atom. The van der Waals surface area contributed by atoms with Crippen molar-refractivity contribution in [1.29, 1.82) is 0 Å². The number of anilines is 1. The van der Waals surface area contributed by atoms with Crippen LogP contribution in [0.5, 0.6) is 0 Å². The van der Waals surface area contributed by atoms with Crippen molar-refractivity contribution in [3.05, 3.63) is 60.2 Å². The van der Waals surface area contributed by atoms with E-state index in [0.29, 0.717) is 11.3 Å². The lowest BCUT2D eigenvalue weighted by molar-refractivity contribution is -0.315. The molecule has 1 aliphatic heterocycles. The number of hydrogen-bond donors (Lipinski definition) is 1. The number of carbonyl (C=O) groups excluding carboxylic acids is 2. The zero-order valence-corrected chi connectivity index (χ0v) is 16.2. The second-order valence-electron chi connectivity index (χ2n) is 6.85. The van der Waals surface area contributed by atoms with Crippen LogP contribution >= 0.6 is 0 Å². The lowest BCUT2D eigenvalue weighted by atomic mass is 9.73. The smallest absolute Gasteiger partial charge is 0.243 e. The normalized spacial score (nSPS) is 17.0. The lowest BCUT2D eigenvalue weighted by Gasteiger charge is -2.42. The minimum absolute atomic E-state index is 0.0820. The van der Waals surface area contributed by atoms with Crippen molar-refractivity contribution >= 4 is 27.6 Å². The van der Waals surface area contributed by atoms with Crippen LogP contribution in [0.1, 0.15) is 25.3 Å². The van der Waals surface area contributed by atoms with E-state index >= 15 is 0 Å². The second-order valence-corrected chi connectivity index (χ2v) is 8.78. The number of aliphatic carboxylic acids is 1. The molecule has 1 amide bonds. The van der Waals surface area contributed by atoms with Gasteiger partial charge in [-0.25, -0.2) is 8.42 Å². The Hall–Kier alpha value is -2.71. The Labute approximate surface area is 164 Å². The molecule has 1 N–H and O–H groups in total. The number of nitrogens with zero attached hydrogens (tertiary/aromatic N) is 1. The van der Waals surface area contributed by atoms with Gasteiger partial charge in [0, 0.05) is 31.1 Å². The molecule has 3 rings (SSSR count). The molecular weight excluding hydrogens is 380 g/mol. The summed E-state index contributed by atoms with van der Waals surface area (Å²) in [4.78, 5) is 23.1. The Bertz CT molecular complexity index is 963. The topological polar surface area (TPSA) is 107 Å². The fourth-order valence-electron chi connectivity index (χ4n) is 3.54. The van der Waals surface area contributed by atoms with E-state index < -0.39 is 21.4 Å². The molecule has 1 aliphatic rings. The van der Waals surface area contributed by atoms with Crippen LogP contribution in [0.25, 0.3) is 0 Å². The van der Waals surface area contributed by atoms with Crippen LogP contribution in [0.2, 0.25) is 0 Å². The van der Waals surface area contributed by atoms with Crippen LogP contribution in [0.4, 0.5) is 5.69 Å². The molecule has 0 radical (unpaired) electrons. The SMILES string of the molecule is CC(=O)Nc1ccc(S(=O)(=O)N2CCC(C(=O)[O-])(c3ccccc3)CC2)cc1. The number of nitrogens with one attached hydrogen (secondary N) is 1. The summed E-state index contributed by atoms with van der Waals surface area (Å²) in [5.41, 5.74) is -0.0559. The van der Waals surface area contributed by atoms with Gasteiger partial charge in [-0.2, -0.15) is 4.31 Å². The van der Waals surface area contributed by atoms with Gasteiger partial charge in [0.2, 0.25) is 15.9 Å². The number of carboxylic acid groups (broad SMARTS) is 1. The van der Waals surface area contributed by atoms with E-state index in [0.717, 1.165) is 0 Å². The summed E-state index contributed by atoms with van der Waals surface area (Å²) in [6.45, 7) is 1.53. The molecule has 0 spiro atoms. The average molecular weight is 401 g/mol. The van der Waals surface area contributed by atoms with Gasteiger partial charge in [-0.15, -0.1) is 0 Å². The van der Waals surface area contributed by atoms with Gasteiger partial charge in [-0.3, -0.25) is 4.79 Å². The summed E-state index contributed by atoms with van der Waals surface area (Å²) >= 11 is 0. The second kappa shape index (κ2) is 7.73. The first-order valence-corrected chi connectivity index (χ1v) is 10.3. The molecule has 1 heterocycles. The zero-order valence-electron chi connectivity index (χ0n) is 15.4. The maximum Gasteiger partial charge on any atom is 0.243 e. The first-order chi connectivity index (χ1) is 13.3. The molecule has 8 heteroatoms. The number of carbonyl (C=O) groups is 2. The zero-order chi connectivity index (χ0) is 20.4. The molecule has 1 saturated heterocycles. The van der Waals surface area contributed by atoms with E-state index in [1.807, 2.05) is 0 Å². The molecule has 0 saturated carbocycles. The monoisotopic (exact) mass is 401 g/mol. The highest BCUT2D eigenvalue weighted by Crippen LogP contribution is 2.36. The first kappa shape index (κ1) is 20.0. The van der Waals surface area contributed by atoms with E-state index in [1.54, 1.807) is 30.3 Å². The van der Waals surface area contributed by atoms with E-state index in [4.69, 9.17) is 0 Å². The van der Waals surface area contributed by atoms with Crippen LogP contribution in [0, 0.1) is 0 Å². The predicted molar refractivity (Wildman–Crippen MR) is 102 cm³/mol. The lowest BCUT2D eigenvalue weighted by Crippen LogP contribution is -2.53. The average Bonchev–Trinajstić information content (AvgIpc) is 2.68. The highest BCUT2D eigenvalue weighted by atomic mass is 32.2. The van der Waals surface area contributed by atoms with Gasteiger partial charge in [0.1, 0.15) is 0 Å². The van der Waals surface area contributed by atoms with Gasteiger partial charge in [0.05, 0.1) is 10.9 Å². The number of benzene rings is 2. The number of amides is 1. The number of carboxylic acids is 1. The number of rotatable bonds is 5. The van der Waals surface area contributed by atoms with Crippen molar-refractivity contribution in [1.82, 2.24) is 4.31 Å². The molecule has 0 aliphatic carbocycles. The van der Waals surface area contributed by atoms with Crippen molar-refractivity contribution in [2.24, 2.45) is 0 Å². The number of piperidine rings is 1. The van der Waals surface area contributed by atoms with Crippen molar-refractivity contribution in [3.8, 4) is 0 Å². The molecule has 7 nitrogen and oxygen atoms in total. The molecule has 2 aromatic rings. The minimum Gasteiger partial charge on any atom is -0.549 e. The fraction of sp³-hybridized carbons (Fsp3) is 0.300. The van der Waals surface area contributed by atoms with Crippen LogP contribution < -0.4 is 10.4 Å². The highest BCUT2D eigenvalue weighted by molar-refractivity contribution is 7.89. The summed E-state index contributed by atoms with van der Waals surface area (Å²) in [5, 5.41) is 14.5. The van der Waals surface area contributed by atoms with Crippen molar-refractivity contribution in [3.63, 3.8) is 0 Å². The number of sulfonamides is 1. The highest BCUT2D eigenvalue weighted by Gasteiger charge is 2.40. The third kappa shape index (κ3) is 3.79. The van der Waals surface area contributed by atoms with Gasteiger partial charge >= 0.3 is 0 Å². The Morgan fingerprint density at radius 2 is 1.57 bits per heavy atom. The summed E-state index contributed by atoms with van der Waals surface area (Å²) in [7, 11) is -3.76. The van der Waals surface area contributed by atoms with Crippen molar-refractivity contribution < 1.29 is 23.1 Å². The molecule has 1 fully saturated rings. The summed E-state index contributed by atoms with van der Waals surface area (Å²) in [6, 6.07) is 14.7. The number of hydrogen-bond acceptors (Lipinski definition) is 5. The van der Waals surface area contributed by atoms with Gasteiger partial charge in [-0.1, -0.05) is 30.3 Å². The van der Waals surface area contributed by atoms with Crippen LogP contribution in [-0.2, 0) is 25.0 Å². The molecule has 0 bridgehead atoms. The molecule has 28 heavy (non-hydrogen) atoms. The molecule has 2 aromatic carbocycles. The van der Waals surface area contributed by atoms with Crippen LogP contribution in [0.3, 0.4) is 0 Å². The Morgan fingerprint density at radius 3 is 2.07 bits per heavy atom. The van der Waals surface area contributed by atoms with E-state index in [1.165, 1.54) is 35.5 Å². The summed E-state index contributed by atoms with van der Waals surface area (Å²) in [5.74, 6) is -1.43. The van der Waals surface area contributed by atoms with Gasteiger partial charge in [0.25, 0.3) is 0 Å². The van der Waals surface area contributed by atoms with Crippen molar-refractivity contribution in [2.45, 2.75) is 30.1 Å². The van der Waals surface area contributed by atoms with Crippen LogP contribution in [0.15, 0.2) is 59.5 Å². The predicted octanol–water partition coefficient (Wildman–Crippen LogP) is 1.12. The maximum atomic E-state index is 12.9. The molecule has 0 unspecified atom stereocenters. The molecular formula is C20H21N2O5S-. The van der Waals surface area contributed by atoms with E-state index in [-0.39, 0.29) is 36.7 Å². The Kier molecular flexibility index (Phi) is 5.53. The Balaban J connectivity index is 1.79. The van der Waals surface area contributed by atoms with Gasteiger partial charge < -0.3 is 15.2 Å². The summed E-state index contributed by atoms with van der Waals surface area (Å²) < 4.78 is 27.1. The fourth-order valence-corrected chi connectivity index (χ4v) is 4.98. The minimum atomic E-state index is -3.76. The van der Waals surface area contributed by atoms with E-state index in [9.17, 15) is 23.1 Å². The maximum absolute atomic E-state index is 12.9. The van der Waals surface area contributed by atoms with E-state index in [2.05, 4.69) is 5.32 Å². The third-order valence-electron chi connectivity index (χ3n) is 5.11. The first-order valence-electron chi connectivity index (χ1n) is 8.90.